The van der Waals surface area contributed by atoms with Crippen LogP contribution in [0.5, 0.6) is 11.5 Å². The second kappa shape index (κ2) is 4.81. The van der Waals surface area contributed by atoms with Crippen LogP contribution in [0.3, 0.4) is 0 Å². The maximum Gasteiger partial charge on any atom is 0.123 e. The minimum absolute atomic E-state index is 0.804. The summed E-state index contributed by atoms with van der Waals surface area (Å²) in [6.07, 6.45) is 6.33. The summed E-state index contributed by atoms with van der Waals surface area (Å²) in [5.41, 5.74) is 4.80. The van der Waals surface area contributed by atoms with Gasteiger partial charge in [0.15, 0.2) is 0 Å². The van der Waals surface area contributed by atoms with Gasteiger partial charge < -0.3 is 9.47 Å². The van der Waals surface area contributed by atoms with Gasteiger partial charge in [-0.1, -0.05) is 30.4 Å². The lowest BCUT2D eigenvalue weighted by atomic mass is 9.97. The lowest BCUT2D eigenvalue weighted by Gasteiger charge is -2.11. The predicted octanol–water partition coefficient (Wildman–Crippen LogP) is 3.95. The maximum atomic E-state index is 5.33. The number of hydrogen-bond donors (Lipinski definition) is 0. The van der Waals surface area contributed by atoms with Crippen LogP contribution in [0, 0.1) is 6.42 Å². The van der Waals surface area contributed by atoms with Crippen LogP contribution in [0.25, 0.3) is 17.2 Å². The van der Waals surface area contributed by atoms with Gasteiger partial charge in [0.2, 0.25) is 0 Å². The van der Waals surface area contributed by atoms with E-state index in [1.54, 1.807) is 14.2 Å². The number of benzene rings is 2. The van der Waals surface area contributed by atoms with Crippen molar-refractivity contribution in [1.82, 2.24) is 0 Å². The van der Waals surface area contributed by atoms with Gasteiger partial charge in [-0.3, -0.25) is 0 Å². The van der Waals surface area contributed by atoms with E-state index in [2.05, 4.69) is 36.8 Å². The molecular weight excluding hydrogens is 236 g/mol. The van der Waals surface area contributed by atoms with E-state index in [0.29, 0.717) is 0 Å². The molecule has 0 bridgehead atoms. The fourth-order valence-corrected chi connectivity index (χ4v) is 2.38. The molecule has 0 N–H and O–H groups in total. The highest BCUT2D eigenvalue weighted by Gasteiger charge is 2.12. The number of rotatable bonds is 3. The van der Waals surface area contributed by atoms with Gasteiger partial charge in [0, 0.05) is 12.5 Å². The molecule has 3 rings (SSSR count). The average Bonchev–Trinajstić information content (AvgIpc) is 2.94. The Morgan fingerprint density at radius 2 is 1.63 bits per heavy atom. The van der Waals surface area contributed by atoms with Gasteiger partial charge in [-0.15, -0.1) is 0 Å². The van der Waals surface area contributed by atoms with E-state index >= 15 is 0 Å². The molecule has 0 saturated carbocycles. The topological polar surface area (TPSA) is 18.5 Å². The van der Waals surface area contributed by atoms with Crippen molar-refractivity contribution in [3.63, 3.8) is 0 Å². The van der Waals surface area contributed by atoms with Crippen LogP contribution in [-0.4, -0.2) is 14.2 Å². The van der Waals surface area contributed by atoms with E-state index < -0.39 is 0 Å². The normalized spacial score (nSPS) is 12.3. The molecule has 0 unspecified atom stereocenters. The fourth-order valence-electron chi connectivity index (χ4n) is 2.38. The van der Waals surface area contributed by atoms with Crippen molar-refractivity contribution >= 4 is 6.08 Å². The van der Waals surface area contributed by atoms with E-state index in [0.717, 1.165) is 17.1 Å². The second-order valence-corrected chi connectivity index (χ2v) is 4.44. The average molecular weight is 251 g/mol. The first-order valence-electron chi connectivity index (χ1n) is 6.19. The Bertz CT molecular complexity index is 619. The SMILES string of the molecule is COc1cc(OC)cc(-c2cccc3c2C=C[CH]3)c1. The molecule has 19 heavy (non-hydrogen) atoms. The molecule has 0 aromatic heterocycles. The van der Waals surface area contributed by atoms with Crippen molar-refractivity contribution < 1.29 is 9.47 Å². The summed E-state index contributed by atoms with van der Waals surface area (Å²) in [5, 5.41) is 0. The standard InChI is InChI=1S/C17H15O2/c1-18-14-9-13(10-15(11-14)19-2)17-8-4-6-12-5-3-7-16(12)17/h3-11H,1-2H3. The molecule has 1 radical (unpaired) electrons. The van der Waals surface area contributed by atoms with E-state index in [-0.39, 0.29) is 0 Å². The maximum absolute atomic E-state index is 5.33. The highest BCUT2D eigenvalue weighted by atomic mass is 16.5. The third-order valence-electron chi connectivity index (χ3n) is 3.34. The molecule has 2 nitrogen and oxygen atoms in total. The summed E-state index contributed by atoms with van der Waals surface area (Å²) in [5.74, 6) is 1.61. The summed E-state index contributed by atoms with van der Waals surface area (Å²) in [7, 11) is 3.34. The Balaban J connectivity index is 2.17. The third-order valence-corrected chi connectivity index (χ3v) is 3.34. The van der Waals surface area contributed by atoms with Crippen LogP contribution in [0.15, 0.2) is 42.5 Å². The Kier molecular flexibility index (Phi) is 3.00. The molecule has 1 aliphatic carbocycles. The molecule has 95 valence electrons. The van der Waals surface area contributed by atoms with Gasteiger partial charge in [-0.25, -0.2) is 0 Å². The van der Waals surface area contributed by atoms with E-state index in [1.165, 1.54) is 16.7 Å². The largest absolute Gasteiger partial charge is 0.497 e. The first kappa shape index (κ1) is 11.8. The van der Waals surface area contributed by atoms with Gasteiger partial charge in [-0.2, -0.15) is 0 Å². The van der Waals surface area contributed by atoms with Crippen LogP contribution >= 0.6 is 0 Å². The Morgan fingerprint density at radius 3 is 2.32 bits per heavy atom. The van der Waals surface area contributed by atoms with Crippen molar-refractivity contribution in [2.24, 2.45) is 0 Å². The van der Waals surface area contributed by atoms with Gasteiger partial charge in [0.05, 0.1) is 14.2 Å². The predicted molar refractivity (Wildman–Crippen MR) is 77.4 cm³/mol. The number of hydrogen-bond acceptors (Lipinski definition) is 2. The van der Waals surface area contributed by atoms with Crippen LogP contribution in [0.1, 0.15) is 11.1 Å². The van der Waals surface area contributed by atoms with Crippen LogP contribution in [0.4, 0.5) is 0 Å². The third kappa shape index (κ3) is 2.10. The first-order chi connectivity index (χ1) is 9.31. The molecule has 0 spiro atoms. The lowest BCUT2D eigenvalue weighted by Crippen LogP contribution is -1.91. The van der Waals surface area contributed by atoms with Crippen LogP contribution < -0.4 is 9.47 Å². The van der Waals surface area contributed by atoms with E-state index in [4.69, 9.17) is 9.47 Å². The molecule has 2 aromatic rings. The fraction of sp³-hybridized carbons (Fsp3) is 0.118. The molecule has 0 atom stereocenters. The van der Waals surface area contributed by atoms with Gasteiger partial charge >= 0.3 is 0 Å². The molecule has 0 heterocycles. The second-order valence-electron chi connectivity index (χ2n) is 4.44. The van der Waals surface area contributed by atoms with Gasteiger partial charge in [0.25, 0.3) is 0 Å². The van der Waals surface area contributed by atoms with E-state index in [9.17, 15) is 0 Å². The Hall–Kier alpha value is -2.22. The summed E-state index contributed by atoms with van der Waals surface area (Å²) in [6, 6.07) is 12.3. The van der Waals surface area contributed by atoms with Crippen molar-refractivity contribution in [2.75, 3.05) is 14.2 Å². The summed E-state index contributed by atoms with van der Waals surface area (Å²) in [6.45, 7) is 0. The monoisotopic (exact) mass is 251 g/mol. The molecule has 1 aliphatic rings. The summed E-state index contributed by atoms with van der Waals surface area (Å²) in [4.78, 5) is 0. The quantitative estimate of drug-likeness (QED) is 0.822. The number of fused-ring (bicyclic) bond motifs is 1. The molecule has 2 aromatic carbocycles. The first-order valence-corrected chi connectivity index (χ1v) is 6.19. The smallest absolute Gasteiger partial charge is 0.123 e. The molecule has 0 aliphatic heterocycles. The number of allylic oxidation sites excluding steroid dienone is 1. The van der Waals surface area contributed by atoms with Crippen molar-refractivity contribution in [2.45, 2.75) is 0 Å². The Morgan fingerprint density at radius 1 is 0.895 bits per heavy atom. The zero-order chi connectivity index (χ0) is 13.2. The lowest BCUT2D eigenvalue weighted by molar-refractivity contribution is 0.394. The summed E-state index contributed by atoms with van der Waals surface area (Å²) >= 11 is 0. The van der Waals surface area contributed by atoms with Crippen molar-refractivity contribution in [3.05, 3.63) is 60.0 Å². The van der Waals surface area contributed by atoms with Crippen molar-refractivity contribution in [1.29, 1.82) is 0 Å². The molecule has 0 amide bonds. The zero-order valence-corrected chi connectivity index (χ0v) is 11.0. The minimum Gasteiger partial charge on any atom is -0.497 e. The molecule has 2 heteroatoms. The van der Waals surface area contributed by atoms with Crippen LogP contribution in [-0.2, 0) is 0 Å². The molecule has 0 fully saturated rings. The van der Waals surface area contributed by atoms with Crippen molar-refractivity contribution in [3.8, 4) is 22.6 Å². The minimum atomic E-state index is 0.804. The van der Waals surface area contributed by atoms with Gasteiger partial charge in [-0.05, 0) is 34.4 Å². The van der Waals surface area contributed by atoms with E-state index in [1.807, 2.05) is 18.2 Å². The zero-order valence-electron chi connectivity index (χ0n) is 11.0. The highest BCUT2D eigenvalue weighted by Crippen LogP contribution is 2.35. The van der Waals surface area contributed by atoms with Gasteiger partial charge in [0.1, 0.15) is 11.5 Å². The van der Waals surface area contributed by atoms with Crippen LogP contribution in [0.2, 0.25) is 0 Å². The number of ether oxygens (including phenoxy) is 2. The number of methoxy groups -OCH3 is 2. The highest BCUT2D eigenvalue weighted by molar-refractivity contribution is 5.82. The summed E-state index contributed by atoms with van der Waals surface area (Å²) < 4.78 is 10.7. The Labute approximate surface area is 113 Å². The molecule has 0 saturated heterocycles. The molecular formula is C17H15O2.